The van der Waals surface area contributed by atoms with Crippen molar-refractivity contribution in [3.05, 3.63) is 34.9 Å². The molecule has 0 bridgehead atoms. The highest BCUT2D eigenvalue weighted by molar-refractivity contribution is 5.28. The molecule has 1 N–H and O–H groups in total. The summed E-state index contributed by atoms with van der Waals surface area (Å²) in [7, 11) is 0. The SMILES string of the molecule is CCCC(O)CCc1cc(C)cc(C)c1. The largest absolute Gasteiger partial charge is 0.393 e. The molecule has 0 aliphatic carbocycles. The molecule has 0 heterocycles. The van der Waals surface area contributed by atoms with E-state index in [1.54, 1.807) is 0 Å². The fraction of sp³-hybridized carbons (Fsp3) is 0.571. The molecule has 15 heavy (non-hydrogen) atoms. The van der Waals surface area contributed by atoms with Crippen molar-refractivity contribution in [3.63, 3.8) is 0 Å². The van der Waals surface area contributed by atoms with Gasteiger partial charge in [-0.2, -0.15) is 0 Å². The Morgan fingerprint density at radius 2 is 1.67 bits per heavy atom. The van der Waals surface area contributed by atoms with Crippen LogP contribution in [0, 0.1) is 13.8 Å². The van der Waals surface area contributed by atoms with Gasteiger partial charge in [0.1, 0.15) is 0 Å². The maximum absolute atomic E-state index is 9.65. The van der Waals surface area contributed by atoms with Gasteiger partial charge in [0.15, 0.2) is 0 Å². The third-order valence-corrected chi connectivity index (χ3v) is 2.67. The van der Waals surface area contributed by atoms with Crippen LogP contribution in [0.2, 0.25) is 0 Å². The minimum Gasteiger partial charge on any atom is -0.393 e. The van der Waals surface area contributed by atoms with Crippen molar-refractivity contribution in [2.75, 3.05) is 0 Å². The second-order valence-electron chi connectivity index (χ2n) is 4.48. The molecular weight excluding hydrogens is 184 g/mol. The van der Waals surface area contributed by atoms with Gasteiger partial charge in [0, 0.05) is 0 Å². The zero-order chi connectivity index (χ0) is 11.3. The summed E-state index contributed by atoms with van der Waals surface area (Å²) in [6, 6.07) is 6.61. The van der Waals surface area contributed by atoms with Crippen LogP contribution in [0.5, 0.6) is 0 Å². The van der Waals surface area contributed by atoms with Crippen molar-refractivity contribution in [1.29, 1.82) is 0 Å². The average molecular weight is 206 g/mol. The zero-order valence-corrected chi connectivity index (χ0v) is 10.1. The second kappa shape index (κ2) is 5.92. The van der Waals surface area contributed by atoms with Crippen molar-refractivity contribution < 1.29 is 5.11 Å². The molecule has 0 aliphatic rings. The second-order valence-corrected chi connectivity index (χ2v) is 4.48. The van der Waals surface area contributed by atoms with Gasteiger partial charge in [-0.25, -0.2) is 0 Å². The highest BCUT2D eigenvalue weighted by Crippen LogP contribution is 2.13. The molecule has 1 nitrogen and oxygen atoms in total. The van der Waals surface area contributed by atoms with E-state index in [1.807, 2.05) is 0 Å². The van der Waals surface area contributed by atoms with E-state index >= 15 is 0 Å². The Morgan fingerprint density at radius 3 is 2.20 bits per heavy atom. The van der Waals surface area contributed by atoms with Crippen LogP contribution in [-0.4, -0.2) is 11.2 Å². The standard InChI is InChI=1S/C14H22O/c1-4-5-14(15)7-6-13-9-11(2)8-12(3)10-13/h8-10,14-15H,4-7H2,1-3H3. The Morgan fingerprint density at radius 1 is 1.07 bits per heavy atom. The Kier molecular flexibility index (Phi) is 4.83. The Bertz CT molecular complexity index is 284. The lowest BCUT2D eigenvalue weighted by Gasteiger charge is -2.10. The molecule has 1 rings (SSSR count). The molecule has 1 unspecified atom stereocenters. The quantitative estimate of drug-likeness (QED) is 0.783. The van der Waals surface area contributed by atoms with Gasteiger partial charge in [0.25, 0.3) is 0 Å². The van der Waals surface area contributed by atoms with Crippen molar-refractivity contribution in [2.45, 2.75) is 52.6 Å². The third kappa shape index (κ3) is 4.48. The normalized spacial score (nSPS) is 12.8. The summed E-state index contributed by atoms with van der Waals surface area (Å²) >= 11 is 0. The first-order chi connectivity index (χ1) is 7.11. The van der Waals surface area contributed by atoms with E-state index < -0.39 is 0 Å². The van der Waals surface area contributed by atoms with Gasteiger partial charge in [-0.1, -0.05) is 42.7 Å². The van der Waals surface area contributed by atoms with Gasteiger partial charge >= 0.3 is 0 Å². The van der Waals surface area contributed by atoms with E-state index in [4.69, 9.17) is 0 Å². The van der Waals surface area contributed by atoms with E-state index in [9.17, 15) is 5.11 Å². The minimum atomic E-state index is -0.129. The van der Waals surface area contributed by atoms with E-state index in [2.05, 4.69) is 39.0 Å². The van der Waals surface area contributed by atoms with Crippen molar-refractivity contribution in [1.82, 2.24) is 0 Å². The molecule has 1 aromatic carbocycles. The van der Waals surface area contributed by atoms with Crippen molar-refractivity contribution in [3.8, 4) is 0 Å². The fourth-order valence-corrected chi connectivity index (χ4v) is 2.02. The molecule has 1 aromatic rings. The average Bonchev–Trinajstić information content (AvgIpc) is 2.14. The molecular formula is C14H22O. The topological polar surface area (TPSA) is 20.2 Å². The van der Waals surface area contributed by atoms with Gasteiger partial charge in [-0.3, -0.25) is 0 Å². The van der Waals surface area contributed by atoms with Gasteiger partial charge < -0.3 is 5.11 Å². The van der Waals surface area contributed by atoms with E-state index in [1.165, 1.54) is 16.7 Å². The van der Waals surface area contributed by atoms with Crippen LogP contribution < -0.4 is 0 Å². The maximum Gasteiger partial charge on any atom is 0.0543 e. The highest BCUT2D eigenvalue weighted by Gasteiger charge is 2.03. The summed E-state index contributed by atoms with van der Waals surface area (Å²) in [6.07, 6.45) is 3.73. The monoisotopic (exact) mass is 206 g/mol. The first-order valence-corrected chi connectivity index (χ1v) is 5.87. The van der Waals surface area contributed by atoms with Crippen LogP contribution in [0.25, 0.3) is 0 Å². The van der Waals surface area contributed by atoms with Crippen LogP contribution in [0.15, 0.2) is 18.2 Å². The summed E-state index contributed by atoms with van der Waals surface area (Å²) in [4.78, 5) is 0. The highest BCUT2D eigenvalue weighted by atomic mass is 16.3. The summed E-state index contributed by atoms with van der Waals surface area (Å²) in [5, 5.41) is 9.65. The van der Waals surface area contributed by atoms with E-state index in [-0.39, 0.29) is 6.10 Å². The molecule has 1 heteroatoms. The fourth-order valence-electron chi connectivity index (χ4n) is 2.02. The zero-order valence-electron chi connectivity index (χ0n) is 10.1. The van der Waals surface area contributed by atoms with Gasteiger partial charge in [0.05, 0.1) is 6.10 Å². The number of aryl methyl sites for hydroxylation is 3. The predicted octanol–water partition coefficient (Wildman–Crippen LogP) is 3.40. The van der Waals surface area contributed by atoms with Gasteiger partial charge in [-0.15, -0.1) is 0 Å². The van der Waals surface area contributed by atoms with E-state index in [0.717, 1.165) is 25.7 Å². The van der Waals surface area contributed by atoms with Gasteiger partial charge in [-0.05, 0) is 38.7 Å². The van der Waals surface area contributed by atoms with Crippen LogP contribution >= 0.6 is 0 Å². The minimum absolute atomic E-state index is 0.129. The summed E-state index contributed by atoms with van der Waals surface area (Å²) < 4.78 is 0. The molecule has 0 fully saturated rings. The Balaban J connectivity index is 2.50. The van der Waals surface area contributed by atoms with Gasteiger partial charge in [0.2, 0.25) is 0 Å². The maximum atomic E-state index is 9.65. The Hall–Kier alpha value is -0.820. The molecule has 84 valence electrons. The number of hydrogen-bond acceptors (Lipinski definition) is 1. The lowest BCUT2D eigenvalue weighted by atomic mass is 10.0. The van der Waals surface area contributed by atoms with Crippen molar-refractivity contribution >= 4 is 0 Å². The molecule has 0 aromatic heterocycles. The molecule has 0 saturated heterocycles. The molecule has 0 radical (unpaired) electrons. The van der Waals surface area contributed by atoms with Crippen LogP contribution in [0.3, 0.4) is 0 Å². The third-order valence-electron chi connectivity index (χ3n) is 2.67. The summed E-state index contributed by atoms with van der Waals surface area (Å²) in [5.74, 6) is 0. The number of aliphatic hydroxyl groups is 1. The summed E-state index contributed by atoms with van der Waals surface area (Å²) in [5.41, 5.74) is 3.98. The number of rotatable bonds is 5. The van der Waals surface area contributed by atoms with Crippen LogP contribution in [0.1, 0.15) is 42.9 Å². The smallest absolute Gasteiger partial charge is 0.0543 e. The first kappa shape index (κ1) is 12.3. The van der Waals surface area contributed by atoms with Crippen LogP contribution in [0.4, 0.5) is 0 Å². The lowest BCUT2D eigenvalue weighted by Crippen LogP contribution is -2.07. The van der Waals surface area contributed by atoms with Crippen molar-refractivity contribution in [2.24, 2.45) is 0 Å². The molecule has 0 saturated carbocycles. The Labute approximate surface area is 93.1 Å². The first-order valence-electron chi connectivity index (χ1n) is 5.87. The molecule has 0 aliphatic heterocycles. The predicted molar refractivity (Wildman–Crippen MR) is 65.2 cm³/mol. The molecule has 0 spiro atoms. The molecule has 0 amide bonds. The number of hydrogen-bond donors (Lipinski definition) is 1. The van der Waals surface area contributed by atoms with Crippen LogP contribution in [-0.2, 0) is 6.42 Å². The summed E-state index contributed by atoms with van der Waals surface area (Å²) in [6.45, 7) is 6.36. The van der Waals surface area contributed by atoms with E-state index in [0.29, 0.717) is 0 Å². The number of aliphatic hydroxyl groups excluding tert-OH is 1. The lowest BCUT2D eigenvalue weighted by molar-refractivity contribution is 0.154. The molecule has 1 atom stereocenters. The number of benzene rings is 1.